The Hall–Kier alpha value is -3.00. The van der Waals surface area contributed by atoms with Crippen LogP contribution < -0.4 is 10.6 Å². The van der Waals surface area contributed by atoms with Gasteiger partial charge in [-0.1, -0.05) is 48.5 Å². The lowest BCUT2D eigenvalue weighted by Crippen LogP contribution is -2.56. The average molecular weight is 497 g/mol. The summed E-state index contributed by atoms with van der Waals surface area (Å²) in [5, 5.41) is 15.0. The second kappa shape index (κ2) is 10.7. The fraction of sp³-hybridized carbons (Fsp3) is 0.444. The van der Waals surface area contributed by atoms with E-state index in [-0.39, 0.29) is 30.8 Å². The number of fused-ring (bicyclic) bond motifs is 3. The SMILES string of the molecule is CSCCC(NC(=O)OCC1c2ccccc2-c2ccccc21)C(=O)NC(C)(CC(=O)O)C1CC1. The molecular formula is C27H32N2O5S. The molecule has 0 spiro atoms. The normalized spacial score (nSPS) is 17.0. The summed E-state index contributed by atoms with van der Waals surface area (Å²) in [5.41, 5.74) is 3.70. The van der Waals surface area contributed by atoms with Crippen molar-refractivity contribution in [3.63, 3.8) is 0 Å². The van der Waals surface area contributed by atoms with Crippen LogP contribution in [0.2, 0.25) is 0 Å². The van der Waals surface area contributed by atoms with Gasteiger partial charge in [0.1, 0.15) is 12.6 Å². The van der Waals surface area contributed by atoms with Gasteiger partial charge in [-0.15, -0.1) is 0 Å². The van der Waals surface area contributed by atoms with Gasteiger partial charge in [0.25, 0.3) is 0 Å². The van der Waals surface area contributed by atoms with Gasteiger partial charge >= 0.3 is 12.1 Å². The molecule has 1 fully saturated rings. The number of ether oxygens (including phenoxy) is 1. The van der Waals surface area contributed by atoms with Crippen LogP contribution in [0.25, 0.3) is 11.1 Å². The molecule has 0 heterocycles. The summed E-state index contributed by atoms with van der Waals surface area (Å²) in [6, 6.07) is 15.4. The van der Waals surface area contributed by atoms with E-state index >= 15 is 0 Å². The lowest BCUT2D eigenvalue weighted by Gasteiger charge is -2.31. The van der Waals surface area contributed by atoms with Crippen LogP contribution in [-0.2, 0) is 14.3 Å². The fourth-order valence-electron chi connectivity index (χ4n) is 4.98. The molecule has 3 N–H and O–H groups in total. The third-order valence-electron chi connectivity index (χ3n) is 6.97. The molecule has 2 unspecified atom stereocenters. The van der Waals surface area contributed by atoms with Gasteiger partial charge in [-0.3, -0.25) is 9.59 Å². The average Bonchev–Trinajstić information content (AvgIpc) is 3.64. The van der Waals surface area contributed by atoms with Crippen molar-refractivity contribution in [3.8, 4) is 11.1 Å². The number of carbonyl (C=O) groups excluding carboxylic acids is 2. The van der Waals surface area contributed by atoms with E-state index in [0.717, 1.165) is 35.1 Å². The Kier molecular flexibility index (Phi) is 7.69. The molecule has 0 saturated heterocycles. The van der Waals surface area contributed by atoms with Crippen LogP contribution in [0.3, 0.4) is 0 Å². The molecule has 0 aromatic heterocycles. The zero-order valence-corrected chi connectivity index (χ0v) is 20.9. The molecule has 186 valence electrons. The van der Waals surface area contributed by atoms with Crippen LogP contribution in [0.4, 0.5) is 4.79 Å². The summed E-state index contributed by atoms with van der Waals surface area (Å²) in [7, 11) is 0. The fourth-order valence-corrected chi connectivity index (χ4v) is 5.45. The van der Waals surface area contributed by atoms with Crippen molar-refractivity contribution in [1.82, 2.24) is 10.6 Å². The van der Waals surface area contributed by atoms with E-state index in [4.69, 9.17) is 4.74 Å². The number of alkyl carbamates (subject to hydrolysis) is 1. The maximum atomic E-state index is 13.1. The molecular weight excluding hydrogens is 464 g/mol. The third kappa shape index (κ3) is 5.81. The Morgan fingerprint density at radius 1 is 1.09 bits per heavy atom. The van der Waals surface area contributed by atoms with E-state index in [1.54, 1.807) is 18.7 Å². The van der Waals surface area contributed by atoms with Crippen LogP contribution >= 0.6 is 11.8 Å². The number of carbonyl (C=O) groups is 3. The van der Waals surface area contributed by atoms with Gasteiger partial charge in [0, 0.05) is 5.92 Å². The molecule has 4 rings (SSSR count). The third-order valence-corrected chi connectivity index (χ3v) is 7.61. The Labute approximate surface area is 210 Å². The van der Waals surface area contributed by atoms with Crippen molar-refractivity contribution in [2.24, 2.45) is 5.92 Å². The Morgan fingerprint density at radius 3 is 2.23 bits per heavy atom. The number of carboxylic acid groups (broad SMARTS) is 1. The van der Waals surface area contributed by atoms with Gasteiger partial charge < -0.3 is 20.5 Å². The number of benzene rings is 2. The van der Waals surface area contributed by atoms with Crippen molar-refractivity contribution in [2.45, 2.75) is 50.1 Å². The number of hydrogen-bond acceptors (Lipinski definition) is 5. The lowest BCUT2D eigenvalue weighted by molar-refractivity contribution is -0.139. The number of thioether (sulfide) groups is 1. The first-order chi connectivity index (χ1) is 16.8. The maximum absolute atomic E-state index is 13.1. The lowest BCUT2D eigenvalue weighted by atomic mass is 9.91. The molecule has 0 radical (unpaired) electrons. The molecule has 2 aromatic rings. The van der Waals surface area contributed by atoms with Crippen molar-refractivity contribution in [3.05, 3.63) is 59.7 Å². The van der Waals surface area contributed by atoms with Crippen LogP contribution in [0.5, 0.6) is 0 Å². The van der Waals surface area contributed by atoms with Crippen LogP contribution in [-0.4, -0.2) is 53.3 Å². The highest BCUT2D eigenvalue weighted by atomic mass is 32.2. The van der Waals surface area contributed by atoms with Crippen molar-refractivity contribution in [1.29, 1.82) is 0 Å². The minimum absolute atomic E-state index is 0.0691. The second-order valence-electron chi connectivity index (χ2n) is 9.56. The molecule has 7 nitrogen and oxygen atoms in total. The number of nitrogens with one attached hydrogen (secondary N) is 2. The predicted octanol–water partition coefficient (Wildman–Crippen LogP) is 4.41. The van der Waals surface area contributed by atoms with E-state index in [1.807, 2.05) is 30.5 Å². The number of hydrogen-bond donors (Lipinski definition) is 3. The van der Waals surface area contributed by atoms with E-state index < -0.39 is 23.6 Å². The second-order valence-corrected chi connectivity index (χ2v) is 10.5. The van der Waals surface area contributed by atoms with Crippen molar-refractivity contribution >= 4 is 29.7 Å². The molecule has 35 heavy (non-hydrogen) atoms. The molecule has 8 heteroatoms. The zero-order valence-electron chi connectivity index (χ0n) is 20.1. The molecule has 2 aromatic carbocycles. The summed E-state index contributed by atoms with van der Waals surface area (Å²) >= 11 is 1.57. The molecule has 0 bridgehead atoms. The highest BCUT2D eigenvalue weighted by molar-refractivity contribution is 7.98. The first-order valence-electron chi connectivity index (χ1n) is 12.0. The van der Waals surface area contributed by atoms with E-state index in [1.165, 1.54) is 0 Å². The maximum Gasteiger partial charge on any atom is 0.407 e. The smallest absolute Gasteiger partial charge is 0.407 e. The number of amides is 2. The largest absolute Gasteiger partial charge is 0.481 e. The molecule has 0 aliphatic heterocycles. The summed E-state index contributed by atoms with van der Waals surface area (Å²) in [6.07, 6.45) is 3.33. The highest BCUT2D eigenvalue weighted by Crippen LogP contribution is 2.44. The summed E-state index contributed by atoms with van der Waals surface area (Å²) < 4.78 is 5.62. The predicted molar refractivity (Wildman–Crippen MR) is 137 cm³/mol. The zero-order chi connectivity index (χ0) is 25.0. The molecule has 2 aliphatic rings. The number of aliphatic carboxylic acids is 1. The first kappa shape index (κ1) is 25.1. The van der Waals surface area contributed by atoms with Crippen LogP contribution in [0.15, 0.2) is 48.5 Å². The van der Waals surface area contributed by atoms with Crippen molar-refractivity contribution in [2.75, 3.05) is 18.6 Å². The van der Waals surface area contributed by atoms with Gasteiger partial charge in [-0.05, 0) is 66.4 Å². The number of carboxylic acids is 1. The molecule has 2 aliphatic carbocycles. The topological polar surface area (TPSA) is 105 Å². The molecule has 2 atom stereocenters. The minimum Gasteiger partial charge on any atom is -0.481 e. The summed E-state index contributed by atoms with van der Waals surface area (Å²) in [5.74, 6) is -0.590. The molecule has 2 amide bonds. The van der Waals surface area contributed by atoms with Gasteiger partial charge in [-0.25, -0.2) is 4.79 Å². The van der Waals surface area contributed by atoms with E-state index in [9.17, 15) is 19.5 Å². The van der Waals surface area contributed by atoms with Gasteiger partial charge in [0.05, 0.1) is 12.0 Å². The minimum atomic E-state index is -0.954. The Morgan fingerprint density at radius 2 is 1.69 bits per heavy atom. The van der Waals surface area contributed by atoms with Gasteiger partial charge in [0.15, 0.2) is 0 Å². The quantitative estimate of drug-likeness (QED) is 0.426. The van der Waals surface area contributed by atoms with Crippen molar-refractivity contribution < 1.29 is 24.2 Å². The highest BCUT2D eigenvalue weighted by Gasteiger charge is 2.45. The van der Waals surface area contributed by atoms with Crippen LogP contribution in [0.1, 0.15) is 49.7 Å². The van der Waals surface area contributed by atoms with E-state index in [0.29, 0.717) is 12.2 Å². The number of rotatable bonds is 11. The summed E-state index contributed by atoms with van der Waals surface area (Å²) in [6.45, 7) is 1.94. The first-order valence-corrected chi connectivity index (χ1v) is 13.4. The monoisotopic (exact) mass is 496 g/mol. The van der Waals surface area contributed by atoms with Crippen LogP contribution in [0, 0.1) is 5.92 Å². The molecule has 1 saturated carbocycles. The van der Waals surface area contributed by atoms with E-state index in [2.05, 4.69) is 34.9 Å². The van der Waals surface area contributed by atoms with Gasteiger partial charge in [-0.2, -0.15) is 11.8 Å². The Bertz CT molecular complexity index is 1060. The standard InChI is InChI=1S/C27H32N2O5S/c1-27(15-24(30)31,17-11-12-17)29-25(32)23(13-14-35-2)28-26(33)34-16-22-20-9-5-3-7-18(20)19-8-4-6-10-21(19)22/h3-10,17,22-23H,11-16H2,1-2H3,(H,28,33)(H,29,32)(H,30,31). The summed E-state index contributed by atoms with van der Waals surface area (Å²) in [4.78, 5) is 37.3. The Balaban J connectivity index is 1.41. The van der Waals surface area contributed by atoms with Gasteiger partial charge in [0.2, 0.25) is 5.91 Å².